The second-order valence-electron chi connectivity index (χ2n) is 2.16. The first-order valence-corrected chi connectivity index (χ1v) is 3.11. The minimum absolute atomic E-state index is 0.0194. The lowest BCUT2D eigenvalue weighted by molar-refractivity contribution is -0.118. The predicted octanol–water partition coefficient (Wildman–Crippen LogP) is -0.858. The van der Waals surface area contributed by atoms with Crippen LogP contribution in [-0.4, -0.2) is 37.1 Å². The Morgan fingerprint density at radius 1 is 1.70 bits per heavy atom. The summed E-state index contributed by atoms with van der Waals surface area (Å²) in [6.07, 6.45) is 0. The lowest BCUT2D eigenvalue weighted by atomic mass is 10.5. The first-order chi connectivity index (χ1) is 4.83. The molecule has 0 unspecified atom stereocenters. The van der Waals surface area contributed by atoms with Crippen molar-refractivity contribution in [3.05, 3.63) is 4.91 Å². The Bertz CT molecular complexity index is 148. The normalized spacial score (nSPS) is 19.0. The third-order valence-electron chi connectivity index (χ3n) is 1.37. The molecule has 1 saturated heterocycles. The molecular formula is C5H9N3O2. The Labute approximate surface area is 58.4 Å². The topological polar surface area (TPSA) is 61.8 Å². The minimum Gasteiger partial charge on any atom is -0.342 e. The fraction of sp³-hybridized carbons (Fsp3) is 0.800. The Morgan fingerprint density at radius 2 is 2.50 bits per heavy atom. The van der Waals surface area contributed by atoms with E-state index in [9.17, 15) is 9.70 Å². The number of carbonyl (C=O) groups excluding carboxylic acids is 1. The summed E-state index contributed by atoms with van der Waals surface area (Å²) in [6.45, 7) is 1.78. The molecule has 0 spiro atoms. The van der Waals surface area contributed by atoms with Crippen molar-refractivity contribution in [2.45, 2.75) is 0 Å². The van der Waals surface area contributed by atoms with Gasteiger partial charge in [0, 0.05) is 6.54 Å². The number of nitrogens with zero attached hydrogens (tertiary/aromatic N) is 2. The van der Waals surface area contributed by atoms with Crippen LogP contribution in [0.3, 0.4) is 0 Å². The van der Waals surface area contributed by atoms with E-state index in [1.807, 2.05) is 4.90 Å². The maximum atomic E-state index is 10.6. The van der Waals surface area contributed by atoms with Gasteiger partial charge in [0.1, 0.15) is 0 Å². The van der Waals surface area contributed by atoms with E-state index in [4.69, 9.17) is 0 Å². The summed E-state index contributed by atoms with van der Waals surface area (Å²) in [4.78, 5) is 22.1. The van der Waals surface area contributed by atoms with Gasteiger partial charge in [-0.15, -0.1) is 0 Å². The number of rotatable bonds is 3. The van der Waals surface area contributed by atoms with Crippen LogP contribution in [0.15, 0.2) is 5.18 Å². The molecule has 1 heterocycles. The van der Waals surface area contributed by atoms with Crippen LogP contribution < -0.4 is 5.32 Å². The van der Waals surface area contributed by atoms with Crippen LogP contribution in [0, 0.1) is 4.91 Å². The van der Waals surface area contributed by atoms with Gasteiger partial charge in [-0.3, -0.25) is 9.69 Å². The van der Waals surface area contributed by atoms with Crippen LogP contribution in [0.1, 0.15) is 0 Å². The lowest BCUT2D eigenvalue weighted by Crippen LogP contribution is -2.24. The van der Waals surface area contributed by atoms with Crippen molar-refractivity contribution in [3.63, 3.8) is 0 Å². The second-order valence-corrected chi connectivity index (χ2v) is 2.16. The van der Waals surface area contributed by atoms with Crippen molar-refractivity contribution in [1.82, 2.24) is 10.2 Å². The molecule has 0 aliphatic carbocycles. The first kappa shape index (κ1) is 7.14. The highest BCUT2D eigenvalue weighted by molar-refractivity contribution is 5.79. The number of hydrogen-bond donors (Lipinski definition) is 1. The van der Waals surface area contributed by atoms with E-state index in [0.29, 0.717) is 19.8 Å². The summed E-state index contributed by atoms with van der Waals surface area (Å²) in [5.74, 6) is 0.0194. The molecular weight excluding hydrogens is 134 g/mol. The van der Waals surface area contributed by atoms with Gasteiger partial charge in [0.15, 0.2) is 0 Å². The maximum absolute atomic E-state index is 10.6. The van der Waals surface area contributed by atoms with E-state index >= 15 is 0 Å². The summed E-state index contributed by atoms with van der Waals surface area (Å²) in [7, 11) is 0. The molecule has 1 fully saturated rings. The highest BCUT2D eigenvalue weighted by atomic mass is 16.3. The van der Waals surface area contributed by atoms with Gasteiger partial charge in [0.05, 0.1) is 19.8 Å². The number of carbonyl (C=O) groups is 1. The third kappa shape index (κ3) is 1.77. The zero-order valence-electron chi connectivity index (χ0n) is 5.54. The Morgan fingerprint density at radius 3 is 3.00 bits per heavy atom. The van der Waals surface area contributed by atoms with Crippen molar-refractivity contribution < 1.29 is 4.79 Å². The van der Waals surface area contributed by atoms with E-state index < -0.39 is 0 Å². The van der Waals surface area contributed by atoms with Gasteiger partial charge in [0.2, 0.25) is 5.91 Å². The highest BCUT2D eigenvalue weighted by Gasteiger charge is 2.16. The monoisotopic (exact) mass is 143 g/mol. The Balaban J connectivity index is 2.18. The van der Waals surface area contributed by atoms with Crippen LogP contribution in [-0.2, 0) is 4.79 Å². The molecule has 10 heavy (non-hydrogen) atoms. The molecule has 0 saturated carbocycles. The third-order valence-corrected chi connectivity index (χ3v) is 1.37. The average molecular weight is 143 g/mol. The molecule has 0 atom stereocenters. The van der Waals surface area contributed by atoms with Crippen LogP contribution >= 0.6 is 0 Å². The van der Waals surface area contributed by atoms with Gasteiger partial charge in [-0.25, -0.2) is 0 Å². The standard InChI is InChI=1S/C5H9N3O2/c9-5-3-8(4-6-5)2-1-7-10/h1-4H2,(H,6,9). The molecule has 0 aromatic heterocycles. The smallest absolute Gasteiger partial charge is 0.235 e. The number of nitroso groups, excluding NO2 is 1. The largest absolute Gasteiger partial charge is 0.342 e. The number of amides is 1. The van der Waals surface area contributed by atoms with Gasteiger partial charge >= 0.3 is 0 Å². The summed E-state index contributed by atoms with van der Waals surface area (Å²) in [5.41, 5.74) is 0. The first-order valence-electron chi connectivity index (χ1n) is 3.11. The molecule has 1 amide bonds. The fourth-order valence-corrected chi connectivity index (χ4v) is 0.855. The van der Waals surface area contributed by atoms with Crippen LogP contribution in [0.5, 0.6) is 0 Å². The summed E-state index contributed by atoms with van der Waals surface area (Å²) < 4.78 is 0. The van der Waals surface area contributed by atoms with Gasteiger partial charge in [0.25, 0.3) is 0 Å². The van der Waals surface area contributed by atoms with Crippen molar-refractivity contribution in [1.29, 1.82) is 0 Å². The molecule has 0 bridgehead atoms. The van der Waals surface area contributed by atoms with E-state index in [-0.39, 0.29) is 12.5 Å². The molecule has 0 radical (unpaired) electrons. The summed E-state index contributed by atoms with van der Waals surface area (Å²) in [5, 5.41) is 5.32. The molecule has 1 aliphatic heterocycles. The van der Waals surface area contributed by atoms with Crippen LogP contribution in [0.2, 0.25) is 0 Å². The Kier molecular flexibility index (Phi) is 2.33. The van der Waals surface area contributed by atoms with Crippen molar-refractivity contribution in [2.24, 2.45) is 5.18 Å². The summed E-state index contributed by atoms with van der Waals surface area (Å²) >= 11 is 0. The summed E-state index contributed by atoms with van der Waals surface area (Å²) in [6, 6.07) is 0. The van der Waals surface area contributed by atoms with E-state index in [1.165, 1.54) is 0 Å². The van der Waals surface area contributed by atoms with Gasteiger partial charge in [-0.05, 0) is 0 Å². The van der Waals surface area contributed by atoms with Crippen molar-refractivity contribution in [2.75, 3.05) is 26.3 Å². The number of hydrogen-bond acceptors (Lipinski definition) is 4. The molecule has 1 aliphatic rings. The van der Waals surface area contributed by atoms with Crippen LogP contribution in [0.4, 0.5) is 0 Å². The molecule has 56 valence electrons. The minimum atomic E-state index is 0.0194. The molecule has 0 aromatic carbocycles. The van der Waals surface area contributed by atoms with E-state index in [0.717, 1.165) is 0 Å². The quantitative estimate of drug-likeness (QED) is 0.523. The molecule has 1 N–H and O–H groups in total. The van der Waals surface area contributed by atoms with Crippen molar-refractivity contribution >= 4 is 5.91 Å². The van der Waals surface area contributed by atoms with Gasteiger partial charge in [-0.1, -0.05) is 5.18 Å². The van der Waals surface area contributed by atoms with Gasteiger partial charge in [-0.2, -0.15) is 4.91 Å². The second kappa shape index (κ2) is 3.26. The van der Waals surface area contributed by atoms with Crippen LogP contribution in [0.25, 0.3) is 0 Å². The molecule has 1 rings (SSSR count). The zero-order chi connectivity index (χ0) is 7.40. The SMILES string of the molecule is O=NCCN1CNC(=O)C1. The van der Waals surface area contributed by atoms with Gasteiger partial charge < -0.3 is 5.32 Å². The van der Waals surface area contributed by atoms with E-state index in [1.54, 1.807) is 0 Å². The average Bonchev–Trinajstić information content (AvgIpc) is 2.31. The molecule has 0 aromatic rings. The maximum Gasteiger partial charge on any atom is 0.235 e. The predicted molar refractivity (Wildman–Crippen MR) is 35.2 cm³/mol. The molecule has 5 nitrogen and oxygen atoms in total. The fourth-order valence-electron chi connectivity index (χ4n) is 0.855. The molecule has 5 heteroatoms. The highest BCUT2D eigenvalue weighted by Crippen LogP contribution is 1.92. The van der Waals surface area contributed by atoms with E-state index in [2.05, 4.69) is 10.5 Å². The number of nitrogens with one attached hydrogen (secondary N) is 1. The Hall–Kier alpha value is -0.970. The zero-order valence-corrected chi connectivity index (χ0v) is 5.54. The van der Waals surface area contributed by atoms with Crippen molar-refractivity contribution in [3.8, 4) is 0 Å². The lowest BCUT2D eigenvalue weighted by Gasteiger charge is -2.07.